The molecule has 0 bridgehead atoms. The van der Waals surface area contributed by atoms with Gasteiger partial charge in [0.15, 0.2) is 11.6 Å². The molecule has 6 rings (SSSR count). The van der Waals surface area contributed by atoms with Crippen LogP contribution in [0.3, 0.4) is 0 Å². The average molecular weight is 642 g/mol. The van der Waals surface area contributed by atoms with E-state index in [1.54, 1.807) is 20.8 Å². The highest BCUT2D eigenvalue weighted by Gasteiger charge is 2.36. The fraction of sp³-hybridized carbons (Fsp3) is 0.433. The molecule has 10 nitrogen and oxygen atoms in total. The summed E-state index contributed by atoms with van der Waals surface area (Å²) >= 11 is 7.58. The van der Waals surface area contributed by atoms with Crippen LogP contribution >= 0.6 is 22.9 Å². The molecular weight excluding hydrogens is 612 g/mol. The van der Waals surface area contributed by atoms with E-state index in [4.69, 9.17) is 21.1 Å². The highest BCUT2D eigenvalue weighted by Crippen LogP contribution is 2.47. The van der Waals surface area contributed by atoms with Gasteiger partial charge in [0.05, 0.1) is 35.4 Å². The molecule has 1 aromatic carbocycles. The number of amides is 1. The fourth-order valence-electron chi connectivity index (χ4n) is 6.10. The lowest BCUT2D eigenvalue weighted by Crippen LogP contribution is -2.40. The van der Waals surface area contributed by atoms with Gasteiger partial charge in [-0.3, -0.25) is 10.3 Å². The van der Waals surface area contributed by atoms with Gasteiger partial charge in [-0.05, 0) is 59.3 Å². The Hall–Kier alpha value is -3.70. The second-order valence-electron chi connectivity index (χ2n) is 12.1. The molecule has 1 N–H and O–H groups in total. The number of pyridine rings is 1. The van der Waals surface area contributed by atoms with Crippen LogP contribution in [0.25, 0.3) is 32.2 Å². The van der Waals surface area contributed by atoms with Crippen LogP contribution in [0.4, 0.5) is 24.5 Å². The maximum atomic E-state index is 16.9. The average Bonchev–Trinajstić information content (AvgIpc) is 3.65. The Morgan fingerprint density at radius 2 is 1.98 bits per heavy atom. The summed E-state index contributed by atoms with van der Waals surface area (Å²) in [7, 11) is 4.03. The summed E-state index contributed by atoms with van der Waals surface area (Å²) in [5.41, 5.74) is 0.261. The molecule has 1 saturated heterocycles. The van der Waals surface area contributed by atoms with Gasteiger partial charge in [-0.15, -0.1) is 11.3 Å². The Kier molecular flexibility index (Phi) is 7.60. The number of anilines is 2. The largest absolute Gasteiger partial charge is 0.444 e. The highest BCUT2D eigenvalue weighted by atomic mass is 35.5. The van der Waals surface area contributed by atoms with Gasteiger partial charge in [-0.25, -0.2) is 23.5 Å². The molecule has 3 aromatic heterocycles. The third-order valence-corrected chi connectivity index (χ3v) is 9.39. The molecule has 2 aliphatic heterocycles. The maximum Gasteiger partial charge on any atom is 0.412 e. The molecule has 44 heavy (non-hydrogen) atoms. The number of benzene rings is 1. The van der Waals surface area contributed by atoms with E-state index in [9.17, 15) is 10.1 Å². The Morgan fingerprint density at radius 3 is 2.64 bits per heavy atom. The van der Waals surface area contributed by atoms with Crippen LogP contribution in [0.15, 0.2) is 6.20 Å². The standard InChI is InChI=1S/C30H30ClF2N7O3S/c1-13-18(39(5)6)7-8-40(13)28-36-24-21(26(31)37-28)16-12-42-11-15(16)19(22(24)33)23-20-14(9-34)27(38-29(41)43-30(2,3)4)44-25(20)17(32)10-35-23/h10,13,18H,7-8,11-12H2,1-6H3,(H,38,41)/t13-,18-/m0/s1. The number of carbonyl (C=O) groups excluding carboxylic acids is 1. The number of hydrogen-bond acceptors (Lipinski definition) is 10. The molecule has 230 valence electrons. The van der Waals surface area contributed by atoms with Crippen LogP contribution in [0.2, 0.25) is 5.15 Å². The van der Waals surface area contributed by atoms with Gasteiger partial charge in [0.2, 0.25) is 5.95 Å². The molecule has 2 atom stereocenters. The highest BCUT2D eigenvalue weighted by molar-refractivity contribution is 7.23. The van der Waals surface area contributed by atoms with Gasteiger partial charge >= 0.3 is 6.09 Å². The molecule has 0 unspecified atom stereocenters. The minimum Gasteiger partial charge on any atom is -0.444 e. The van der Waals surface area contributed by atoms with E-state index < -0.39 is 23.3 Å². The van der Waals surface area contributed by atoms with Crippen LogP contribution < -0.4 is 10.2 Å². The van der Waals surface area contributed by atoms with Crippen molar-refractivity contribution in [3.63, 3.8) is 0 Å². The van der Waals surface area contributed by atoms with Crippen LogP contribution in [0.1, 0.15) is 50.8 Å². The summed E-state index contributed by atoms with van der Waals surface area (Å²) in [4.78, 5) is 30.3. The topological polar surface area (TPSA) is 116 Å². The number of halogens is 3. The first kappa shape index (κ1) is 30.3. The van der Waals surface area contributed by atoms with E-state index in [0.29, 0.717) is 29.0 Å². The molecule has 0 saturated carbocycles. The SMILES string of the molecule is C[C@H]1[C@@H](N(C)C)CCN1c1nc(Cl)c2c3c(c(-c4ncc(F)c5sc(NC(=O)OC(C)(C)C)c(C#N)c45)c(F)c2n1)COC3. The summed E-state index contributed by atoms with van der Waals surface area (Å²) in [5, 5.41) is 13.3. The zero-order chi connectivity index (χ0) is 31.7. The first-order valence-corrected chi connectivity index (χ1v) is 15.2. The Bertz CT molecular complexity index is 1890. The number of hydrogen-bond donors (Lipinski definition) is 1. The van der Waals surface area contributed by atoms with Crippen molar-refractivity contribution < 1.29 is 23.0 Å². The number of aromatic nitrogens is 3. The zero-order valence-electron chi connectivity index (χ0n) is 25.0. The summed E-state index contributed by atoms with van der Waals surface area (Å²) in [6.07, 6.45) is 1.04. The molecule has 4 aromatic rings. The number of likely N-dealkylation sites (N-methyl/N-ethyl adjacent to an activating group) is 1. The van der Waals surface area contributed by atoms with E-state index in [1.165, 1.54) is 0 Å². The predicted octanol–water partition coefficient (Wildman–Crippen LogP) is 6.62. The summed E-state index contributed by atoms with van der Waals surface area (Å²) < 4.78 is 43.2. The molecule has 2 aliphatic rings. The number of nitriles is 1. The van der Waals surface area contributed by atoms with Crippen LogP contribution in [0.5, 0.6) is 0 Å². The molecule has 0 spiro atoms. The van der Waals surface area contributed by atoms with E-state index in [1.807, 2.05) is 25.1 Å². The van der Waals surface area contributed by atoms with Crippen molar-refractivity contribution >= 4 is 61.0 Å². The number of carbonyl (C=O) groups is 1. The van der Waals surface area contributed by atoms with Gasteiger partial charge in [0.25, 0.3) is 0 Å². The number of nitrogens with one attached hydrogen (secondary N) is 1. The predicted molar refractivity (Wildman–Crippen MR) is 165 cm³/mol. The quantitative estimate of drug-likeness (QED) is 0.246. The Balaban J connectivity index is 1.57. The first-order chi connectivity index (χ1) is 20.8. The molecule has 0 radical (unpaired) electrons. The van der Waals surface area contributed by atoms with Crippen molar-refractivity contribution in [2.75, 3.05) is 30.9 Å². The third-order valence-electron chi connectivity index (χ3n) is 8.01. The third kappa shape index (κ3) is 4.99. The number of ether oxygens (including phenoxy) is 2. The van der Waals surface area contributed by atoms with E-state index in [-0.39, 0.29) is 67.9 Å². The van der Waals surface area contributed by atoms with Crippen molar-refractivity contribution in [2.24, 2.45) is 0 Å². The zero-order valence-corrected chi connectivity index (χ0v) is 26.6. The Labute approximate surface area is 261 Å². The fourth-order valence-corrected chi connectivity index (χ4v) is 7.41. The van der Waals surface area contributed by atoms with Crippen LogP contribution in [0, 0.1) is 23.0 Å². The Morgan fingerprint density at radius 1 is 1.25 bits per heavy atom. The number of thiophene rings is 1. The van der Waals surface area contributed by atoms with Gasteiger partial charge < -0.3 is 19.3 Å². The molecule has 1 amide bonds. The van der Waals surface area contributed by atoms with Gasteiger partial charge in [-0.1, -0.05) is 11.6 Å². The van der Waals surface area contributed by atoms with E-state index in [0.717, 1.165) is 24.0 Å². The van der Waals surface area contributed by atoms with Crippen LogP contribution in [-0.2, 0) is 22.7 Å². The van der Waals surface area contributed by atoms with Crippen molar-refractivity contribution in [3.8, 4) is 17.3 Å². The van der Waals surface area contributed by atoms with Crippen molar-refractivity contribution in [3.05, 3.63) is 39.7 Å². The second-order valence-corrected chi connectivity index (χ2v) is 13.5. The van der Waals surface area contributed by atoms with Crippen LogP contribution in [-0.4, -0.2) is 64.3 Å². The smallest absolute Gasteiger partial charge is 0.412 e. The monoisotopic (exact) mass is 641 g/mol. The molecule has 1 fully saturated rings. The van der Waals surface area contributed by atoms with Crippen molar-refractivity contribution in [1.82, 2.24) is 19.9 Å². The van der Waals surface area contributed by atoms with Gasteiger partial charge in [0.1, 0.15) is 27.3 Å². The number of nitrogens with zero attached hydrogens (tertiary/aromatic N) is 6. The van der Waals surface area contributed by atoms with Crippen molar-refractivity contribution in [2.45, 2.75) is 65.0 Å². The normalized spacial score (nSPS) is 18.3. The van der Waals surface area contributed by atoms with E-state index >= 15 is 8.78 Å². The maximum absolute atomic E-state index is 16.9. The van der Waals surface area contributed by atoms with Gasteiger partial charge in [-0.2, -0.15) is 5.26 Å². The molecule has 0 aliphatic carbocycles. The van der Waals surface area contributed by atoms with Gasteiger partial charge in [0, 0.05) is 35.0 Å². The first-order valence-electron chi connectivity index (χ1n) is 14.0. The molecule has 5 heterocycles. The number of fused-ring (bicyclic) bond motifs is 4. The molecular formula is C30H30ClF2N7O3S. The summed E-state index contributed by atoms with van der Waals surface area (Å²) in [6, 6.07) is 2.35. The lowest BCUT2D eigenvalue weighted by Gasteiger charge is -2.28. The lowest BCUT2D eigenvalue weighted by atomic mass is 9.94. The minimum atomic E-state index is -0.812. The lowest BCUT2D eigenvalue weighted by molar-refractivity contribution is 0.0636. The van der Waals surface area contributed by atoms with Crippen molar-refractivity contribution in [1.29, 1.82) is 5.26 Å². The summed E-state index contributed by atoms with van der Waals surface area (Å²) in [6.45, 7) is 8.00. The number of rotatable bonds is 4. The summed E-state index contributed by atoms with van der Waals surface area (Å²) in [5.74, 6) is -1.15. The molecule has 14 heteroatoms. The minimum absolute atomic E-state index is 0.0140. The van der Waals surface area contributed by atoms with E-state index in [2.05, 4.69) is 32.1 Å². The second kappa shape index (κ2) is 11.0.